The second-order valence-corrected chi connectivity index (χ2v) is 5.65. The summed E-state index contributed by atoms with van der Waals surface area (Å²) in [6.45, 7) is 0.680. The Morgan fingerprint density at radius 1 is 1.10 bits per heavy atom. The van der Waals surface area contributed by atoms with E-state index >= 15 is 0 Å². The van der Waals surface area contributed by atoms with Crippen LogP contribution in [0, 0.1) is 0 Å². The molecule has 0 bridgehead atoms. The lowest BCUT2D eigenvalue weighted by molar-refractivity contribution is 0.393. The van der Waals surface area contributed by atoms with Crippen molar-refractivity contribution in [2.75, 3.05) is 12.4 Å². The van der Waals surface area contributed by atoms with E-state index in [4.69, 9.17) is 4.74 Å². The van der Waals surface area contributed by atoms with Crippen LogP contribution in [-0.4, -0.2) is 12.1 Å². The van der Waals surface area contributed by atoms with E-state index in [1.54, 1.807) is 13.3 Å². The van der Waals surface area contributed by atoms with Crippen LogP contribution in [0.3, 0.4) is 0 Å². The molecule has 1 heterocycles. The van der Waals surface area contributed by atoms with Crippen LogP contribution in [0.5, 0.6) is 5.88 Å². The van der Waals surface area contributed by atoms with Crippen LogP contribution in [0.2, 0.25) is 0 Å². The number of hydrogen-bond acceptors (Lipinski definition) is 3. The van der Waals surface area contributed by atoms with Gasteiger partial charge in [-0.05, 0) is 41.1 Å². The number of anilines is 1. The Labute approximate surface area is 132 Å². The molecule has 0 radical (unpaired) electrons. The summed E-state index contributed by atoms with van der Waals surface area (Å²) in [6.07, 6.45) is 1.73. The van der Waals surface area contributed by atoms with Crippen molar-refractivity contribution in [2.24, 2.45) is 0 Å². The molecular weight excluding hydrogens is 328 g/mol. The zero-order valence-electron chi connectivity index (χ0n) is 11.6. The van der Waals surface area contributed by atoms with Crippen molar-refractivity contribution in [1.29, 1.82) is 0 Å². The van der Waals surface area contributed by atoms with Gasteiger partial charge in [0.15, 0.2) is 0 Å². The predicted octanol–water partition coefficient (Wildman–Crippen LogP) is 4.62. The van der Waals surface area contributed by atoms with Crippen molar-refractivity contribution in [3.63, 3.8) is 0 Å². The van der Waals surface area contributed by atoms with Crippen molar-refractivity contribution in [1.82, 2.24) is 4.98 Å². The third-order valence-corrected chi connectivity index (χ3v) is 3.82. The molecule has 1 N–H and O–H groups in total. The molecule has 2 aromatic carbocycles. The summed E-state index contributed by atoms with van der Waals surface area (Å²) in [6, 6.07) is 16.5. The van der Waals surface area contributed by atoms with Gasteiger partial charge in [0.1, 0.15) is 0 Å². The monoisotopic (exact) mass is 342 g/mol. The van der Waals surface area contributed by atoms with Gasteiger partial charge in [-0.15, -0.1) is 0 Å². The third-order valence-electron chi connectivity index (χ3n) is 3.33. The van der Waals surface area contributed by atoms with E-state index in [1.165, 1.54) is 10.8 Å². The summed E-state index contributed by atoms with van der Waals surface area (Å²) in [5, 5.41) is 5.84. The quantitative estimate of drug-likeness (QED) is 0.751. The molecule has 3 aromatic rings. The van der Waals surface area contributed by atoms with E-state index in [0.29, 0.717) is 12.4 Å². The molecule has 106 valence electrons. The Balaban J connectivity index is 1.80. The molecule has 0 unspecified atom stereocenters. The highest BCUT2D eigenvalue weighted by Crippen LogP contribution is 2.24. The molecular formula is C17H15BrN2O. The van der Waals surface area contributed by atoms with E-state index < -0.39 is 0 Å². The van der Waals surface area contributed by atoms with Crippen molar-refractivity contribution < 1.29 is 4.74 Å². The number of fused-ring (bicyclic) bond motifs is 1. The molecule has 0 spiro atoms. The highest BCUT2D eigenvalue weighted by atomic mass is 79.9. The van der Waals surface area contributed by atoms with Gasteiger partial charge in [0.2, 0.25) is 5.88 Å². The van der Waals surface area contributed by atoms with E-state index in [-0.39, 0.29) is 0 Å². The average molecular weight is 343 g/mol. The summed E-state index contributed by atoms with van der Waals surface area (Å²) < 4.78 is 6.35. The van der Waals surface area contributed by atoms with Crippen molar-refractivity contribution >= 4 is 32.4 Å². The first-order chi connectivity index (χ1) is 10.3. The number of aromatic nitrogens is 1. The Morgan fingerprint density at radius 2 is 1.90 bits per heavy atom. The van der Waals surface area contributed by atoms with Gasteiger partial charge in [-0.25, -0.2) is 4.98 Å². The van der Waals surface area contributed by atoms with Crippen LogP contribution >= 0.6 is 15.9 Å². The highest BCUT2D eigenvalue weighted by Gasteiger charge is 2.03. The van der Waals surface area contributed by atoms with Crippen LogP contribution in [0.15, 0.2) is 59.2 Å². The number of methoxy groups -OCH3 is 1. The number of pyridine rings is 1. The molecule has 3 nitrogen and oxygen atoms in total. The first kappa shape index (κ1) is 13.9. The molecule has 3 rings (SSSR count). The maximum atomic E-state index is 5.26. The molecule has 1 aromatic heterocycles. The standard InChI is InChI=1S/C17H15BrN2O/c1-21-17-14(3-2-8-19-17)11-20-16-7-5-12-9-15(18)6-4-13(12)10-16/h2-10,20H,11H2,1H3. The van der Waals surface area contributed by atoms with Gasteiger partial charge in [-0.3, -0.25) is 0 Å². The zero-order chi connectivity index (χ0) is 14.7. The fourth-order valence-corrected chi connectivity index (χ4v) is 2.65. The lowest BCUT2D eigenvalue weighted by Crippen LogP contribution is -2.02. The number of halogens is 1. The molecule has 0 amide bonds. The second-order valence-electron chi connectivity index (χ2n) is 4.73. The molecule has 21 heavy (non-hydrogen) atoms. The lowest BCUT2D eigenvalue weighted by Gasteiger charge is -2.10. The van der Waals surface area contributed by atoms with E-state index in [1.807, 2.05) is 12.1 Å². The predicted molar refractivity (Wildman–Crippen MR) is 89.8 cm³/mol. The normalized spacial score (nSPS) is 10.6. The van der Waals surface area contributed by atoms with Crippen molar-refractivity contribution in [3.8, 4) is 5.88 Å². The third kappa shape index (κ3) is 3.16. The SMILES string of the molecule is COc1ncccc1CNc1ccc2cc(Br)ccc2c1. The fourth-order valence-electron chi connectivity index (χ4n) is 2.27. The maximum absolute atomic E-state index is 5.26. The summed E-state index contributed by atoms with van der Waals surface area (Å²) >= 11 is 3.49. The molecule has 0 aliphatic carbocycles. The first-order valence-corrected chi connectivity index (χ1v) is 7.46. The molecule has 0 saturated carbocycles. The van der Waals surface area contributed by atoms with Crippen LogP contribution in [0.4, 0.5) is 5.69 Å². The highest BCUT2D eigenvalue weighted by molar-refractivity contribution is 9.10. The van der Waals surface area contributed by atoms with Crippen LogP contribution in [0.25, 0.3) is 10.8 Å². The van der Waals surface area contributed by atoms with Crippen molar-refractivity contribution in [2.45, 2.75) is 6.54 Å². The van der Waals surface area contributed by atoms with E-state index in [0.717, 1.165) is 15.7 Å². The molecule has 0 saturated heterocycles. The zero-order valence-corrected chi connectivity index (χ0v) is 13.2. The fraction of sp³-hybridized carbons (Fsp3) is 0.118. The molecule has 4 heteroatoms. The van der Waals surface area contributed by atoms with E-state index in [9.17, 15) is 0 Å². The number of hydrogen-bond donors (Lipinski definition) is 1. The lowest BCUT2D eigenvalue weighted by atomic mass is 10.1. The minimum absolute atomic E-state index is 0.662. The number of rotatable bonds is 4. The van der Waals surface area contributed by atoms with Gasteiger partial charge < -0.3 is 10.1 Å². The summed E-state index contributed by atoms with van der Waals surface area (Å²) in [4.78, 5) is 4.20. The summed E-state index contributed by atoms with van der Waals surface area (Å²) in [5.74, 6) is 0.662. The van der Waals surface area contributed by atoms with Gasteiger partial charge in [0.05, 0.1) is 7.11 Å². The van der Waals surface area contributed by atoms with Crippen molar-refractivity contribution in [3.05, 3.63) is 64.8 Å². The van der Waals surface area contributed by atoms with Gasteiger partial charge in [0.25, 0.3) is 0 Å². The Morgan fingerprint density at radius 3 is 2.76 bits per heavy atom. The molecule has 0 aliphatic rings. The average Bonchev–Trinajstić information content (AvgIpc) is 2.53. The smallest absolute Gasteiger partial charge is 0.218 e. The maximum Gasteiger partial charge on any atom is 0.218 e. The summed E-state index contributed by atoms with van der Waals surface area (Å²) in [5.41, 5.74) is 2.12. The Hall–Kier alpha value is -2.07. The number of nitrogens with zero attached hydrogens (tertiary/aromatic N) is 1. The Bertz CT molecular complexity index is 774. The number of ether oxygens (including phenoxy) is 1. The van der Waals surface area contributed by atoms with Crippen LogP contribution in [-0.2, 0) is 6.54 Å². The minimum Gasteiger partial charge on any atom is -0.481 e. The van der Waals surface area contributed by atoms with Gasteiger partial charge in [0, 0.05) is 28.5 Å². The van der Waals surface area contributed by atoms with E-state index in [2.05, 4.69) is 62.6 Å². The summed E-state index contributed by atoms with van der Waals surface area (Å²) in [7, 11) is 1.64. The van der Waals surface area contributed by atoms with Gasteiger partial charge >= 0.3 is 0 Å². The first-order valence-electron chi connectivity index (χ1n) is 6.67. The number of nitrogens with one attached hydrogen (secondary N) is 1. The van der Waals surface area contributed by atoms with Crippen LogP contribution in [0.1, 0.15) is 5.56 Å². The van der Waals surface area contributed by atoms with Gasteiger partial charge in [-0.2, -0.15) is 0 Å². The minimum atomic E-state index is 0.662. The topological polar surface area (TPSA) is 34.1 Å². The Kier molecular flexibility index (Phi) is 4.06. The molecule has 0 fully saturated rings. The largest absolute Gasteiger partial charge is 0.481 e. The molecule has 0 atom stereocenters. The second kappa shape index (κ2) is 6.14. The van der Waals surface area contributed by atoms with Gasteiger partial charge in [-0.1, -0.05) is 34.1 Å². The van der Waals surface area contributed by atoms with Crippen LogP contribution < -0.4 is 10.1 Å². The number of benzene rings is 2. The molecule has 0 aliphatic heterocycles.